The summed E-state index contributed by atoms with van der Waals surface area (Å²) in [6.07, 6.45) is 2.49. The second-order valence-electron chi connectivity index (χ2n) is 4.36. The highest BCUT2D eigenvalue weighted by atomic mass is 32.2. The van der Waals surface area contributed by atoms with Gasteiger partial charge in [-0.2, -0.15) is 0 Å². The van der Waals surface area contributed by atoms with E-state index < -0.39 is 11.4 Å². The van der Waals surface area contributed by atoms with E-state index in [-0.39, 0.29) is 10.9 Å². The molecule has 13 heavy (non-hydrogen) atoms. The number of nitrogens with one attached hydrogen (secondary N) is 1. The van der Waals surface area contributed by atoms with Gasteiger partial charge in [0.15, 0.2) is 0 Å². The van der Waals surface area contributed by atoms with Crippen molar-refractivity contribution < 1.29 is 9.29 Å². The summed E-state index contributed by atoms with van der Waals surface area (Å²) in [5.41, 5.74) is 0. The predicted octanol–water partition coefficient (Wildman–Crippen LogP) is 1.22. The standard InChI is InChI=1S/C9H19NO2S/c1-9(2,3)13(11)10-7-8-5-4-6-12-8/h8,10H,4-7H2,1-3H3/t8-,13?/m1/s1. The molecule has 0 saturated carbocycles. The van der Waals surface area contributed by atoms with Gasteiger partial charge in [0.25, 0.3) is 0 Å². The van der Waals surface area contributed by atoms with Crippen LogP contribution in [0.3, 0.4) is 0 Å². The smallest absolute Gasteiger partial charge is 0.136 e. The van der Waals surface area contributed by atoms with Gasteiger partial charge >= 0.3 is 0 Å². The highest BCUT2D eigenvalue weighted by Crippen LogP contribution is 2.15. The Morgan fingerprint density at radius 1 is 1.54 bits per heavy atom. The van der Waals surface area contributed by atoms with Gasteiger partial charge in [-0.05, 0) is 33.6 Å². The van der Waals surface area contributed by atoms with E-state index in [1.165, 1.54) is 0 Å². The SMILES string of the molecule is CC(C)(C)[S+]([O-])NC[C@H]1CCCO1. The maximum atomic E-state index is 11.6. The van der Waals surface area contributed by atoms with Crippen LogP contribution in [-0.2, 0) is 16.1 Å². The van der Waals surface area contributed by atoms with Crippen LogP contribution in [0.2, 0.25) is 0 Å². The first-order valence-electron chi connectivity index (χ1n) is 4.77. The lowest BCUT2D eigenvalue weighted by Crippen LogP contribution is -2.42. The average molecular weight is 205 g/mol. The van der Waals surface area contributed by atoms with Crippen molar-refractivity contribution in [1.29, 1.82) is 0 Å². The van der Waals surface area contributed by atoms with Crippen LogP contribution >= 0.6 is 0 Å². The molecule has 0 spiro atoms. The molecule has 1 unspecified atom stereocenters. The Morgan fingerprint density at radius 3 is 2.69 bits per heavy atom. The number of hydrogen-bond donors (Lipinski definition) is 1. The summed E-state index contributed by atoms with van der Waals surface area (Å²) in [5, 5.41) is 0. The number of hydrogen-bond acceptors (Lipinski definition) is 3. The highest BCUT2D eigenvalue weighted by molar-refractivity contribution is 7.90. The molecule has 1 N–H and O–H groups in total. The third-order valence-corrected chi connectivity index (χ3v) is 3.56. The third kappa shape index (κ3) is 3.85. The van der Waals surface area contributed by atoms with Gasteiger partial charge in [-0.25, -0.2) is 0 Å². The zero-order chi connectivity index (χ0) is 9.90. The summed E-state index contributed by atoms with van der Waals surface area (Å²) in [6.45, 7) is 7.46. The minimum Gasteiger partial charge on any atom is -0.598 e. The molecule has 1 aliphatic heterocycles. The molecule has 0 bridgehead atoms. The van der Waals surface area contributed by atoms with E-state index in [9.17, 15) is 4.55 Å². The maximum Gasteiger partial charge on any atom is 0.136 e. The molecule has 2 atom stereocenters. The van der Waals surface area contributed by atoms with E-state index in [1.54, 1.807) is 0 Å². The van der Waals surface area contributed by atoms with Gasteiger partial charge in [0, 0.05) is 18.0 Å². The van der Waals surface area contributed by atoms with E-state index in [2.05, 4.69) is 4.72 Å². The number of ether oxygens (including phenoxy) is 1. The summed E-state index contributed by atoms with van der Waals surface area (Å²) >= 11 is -0.963. The minimum absolute atomic E-state index is 0.182. The molecule has 1 fully saturated rings. The molecule has 1 saturated heterocycles. The van der Waals surface area contributed by atoms with Crippen LogP contribution in [0.1, 0.15) is 33.6 Å². The van der Waals surface area contributed by atoms with Crippen molar-refractivity contribution in [3.63, 3.8) is 0 Å². The maximum absolute atomic E-state index is 11.6. The third-order valence-electron chi connectivity index (χ3n) is 2.02. The molecule has 1 aliphatic rings. The van der Waals surface area contributed by atoms with Crippen molar-refractivity contribution in [3.05, 3.63) is 0 Å². The summed E-state index contributed by atoms with van der Waals surface area (Å²) in [7, 11) is 0. The first-order valence-corrected chi connectivity index (χ1v) is 5.92. The van der Waals surface area contributed by atoms with E-state index in [4.69, 9.17) is 4.74 Å². The van der Waals surface area contributed by atoms with Gasteiger partial charge < -0.3 is 9.29 Å². The van der Waals surface area contributed by atoms with Crippen molar-refractivity contribution in [2.45, 2.75) is 44.5 Å². The number of rotatable bonds is 3. The summed E-state index contributed by atoms with van der Waals surface area (Å²) in [4.78, 5) is 0. The molecule has 0 aromatic rings. The quantitative estimate of drug-likeness (QED) is 0.705. The molecule has 1 heterocycles. The van der Waals surface area contributed by atoms with Gasteiger partial charge in [-0.1, -0.05) is 0 Å². The van der Waals surface area contributed by atoms with Gasteiger partial charge in [0.1, 0.15) is 4.75 Å². The van der Waals surface area contributed by atoms with E-state index in [0.717, 1.165) is 19.4 Å². The zero-order valence-electron chi connectivity index (χ0n) is 8.63. The van der Waals surface area contributed by atoms with Crippen molar-refractivity contribution >= 4 is 11.4 Å². The molecule has 0 aromatic carbocycles. The molecule has 78 valence electrons. The van der Waals surface area contributed by atoms with Crippen LogP contribution in [0.5, 0.6) is 0 Å². The summed E-state index contributed by atoms with van der Waals surface area (Å²) < 4.78 is 19.8. The van der Waals surface area contributed by atoms with Crippen molar-refractivity contribution in [3.8, 4) is 0 Å². The Hall–Kier alpha value is 0.230. The molecule has 0 aromatic heterocycles. The van der Waals surface area contributed by atoms with Crippen LogP contribution in [0, 0.1) is 0 Å². The van der Waals surface area contributed by atoms with E-state index in [1.807, 2.05) is 20.8 Å². The molecule has 0 radical (unpaired) electrons. The van der Waals surface area contributed by atoms with Crippen LogP contribution in [0.25, 0.3) is 0 Å². The minimum atomic E-state index is -0.963. The van der Waals surface area contributed by atoms with E-state index >= 15 is 0 Å². The second-order valence-corrected chi connectivity index (χ2v) is 6.42. The lowest BCUT2D eigenvalue weighted by molar-refractivity contribution is 0.114. The Balaban J connectivity index is 2.17. The fourth-order valence-corrected chi connectivity index (χ4v) is 1.96. The first-order chi connectivity index (χ1) is 6.00. The Labute approximate surface area is 83.5 Å². The molecular weight excluding hydrogens is 186 g/mol. The van der Waals surface area contributed by atoms with Crippen molar-refractivity contribution in [1.82, 2.24) is 4.72 Å². The fraction of sp³-hybridized carbons (Fsp3) is 1.00. The molecular formula is C9H19NO2S. The van der Waals surface area contributed by atoms with Gasteiger partial charge in [-0.15, -0.1) is 4.72 Å². The van der Waals surface area contributed by atoms with Crippen LogP contribution in [-0.4, -0.2) is 28.6 Å². The monoisotopic (exact) mass is 205 g/mol. The van der Waals surface area contributed by atoms with Crippen LogP contribution in [0.4, 0.5) is 0 Å². The highest BCUT2D eigenvalue weighted by Gasteiger charge is 2.27. The summed E-state index contributed by atoms with van der Waals surface area (Å²) in [5.74, 6) is 0. The molecule has 0 amide bonds. The Kier molecular flexibility index (Phi) is 4.04. The van der Waals surface area contributed by atoms with Gasteiger partial charge in [0.2, 0.25) is 0 Å². The molecule has 4 heteroatoms. The first kappa shape index (κ1) is 11.3. The molecule has 0 aliphatic carbocycles. The second kappa shape index (κ2) is 4.64. The normalized spacial score (nSPS) is 26.3. The molecule has 3 nitrogen and oxygen atoms in total. The lowest BCUT2D eigenvalue weighted by Gasteiger charge is -2.24. The Bertz CT molecular complexity index is 152. The Morgan fingerprint density at radius 2 is 2.23 bits per heavy atom. The van der Waals surface area contributed by atoms with Gasteiger partial charge in [-0.3, -0.25) is 0 Å². The average Bonchev–Trinajstić information content (AvgIpc) is 2.50. The van der Waals surface area contributed by atoms with Gasteiger partial charge in [0.05, 0.1) is 12.6 Å². The van der Waals surface area contributed by atoms with Crippen molar-refractivity contribution in [2.24, 2.45) is 0 Å². The zero-order valence-corrected chi connectivity index (χ0v) is 9.45. The fourth-order valence-electron chi connectivity index (χ4n) is 1.19. The van der Waals surface area contributed by atoms with Crippen LogP contribution in [0.15, 0.2) is 0 Å². The molecule has 1 rings (SSSR count). The van der Waals surface area contributed by atoms with Crippen molar-refractivity contribution in [2.75, 3.05) is 13.2 Å². The van der Waals surface area contributed by atoms with E-state index in [0.29, 0.717) is 6.54 Å². The predicted molar refractivity (Wildman–Crippen MR) is 54.9 cm³/mol. The summed E-state index contributed by atoms with van der Waals surface area (Å²) in [6, 6.07) is 0. The largest absolute Gasteiger partial charge is 0.598 e. The van der Waals surface area contributed by atoms with Crippen LogP contribution < -0.4 is 4.72 Å². The lowest BCUT2D eigenvalue weighted by atomic mass is 10.2. The topological polar surface area (TPSA) is 44.3 Å².